The van der Waals surface area contributed by atoms with Crippen molar-refractivity contribution in [3.63, 3.8) is 0 Å². The van der Waals surface area contributed by atoms with Crippen molar-refractivity contribution in [3.8, 4) is 0 Å². The third kappa shape index (κ3) is 100. The molecule has 30 valence electrons. The fourth-order valence-corrected chi connectivity index (χ4v) is 0. The number of hydrogen-bond acceptors (Lipinski definition) is 0. The molecule has 0 atom stereocenters. The first kappa shape index (κ1) is 17.7. The van der Waals surface area contributed by atoms with Crippen LogP contribution < -0.4 is 0 Å². The van der Waals surface area contributed by atoms with Gasteiger partial charge in [-0.05, 0) is 11.0 Å². The van der Waals surface area contributed by atoms with E-state index in [0.717, 1.165) is 0 Å². The molecule has 0 aromatic carbocycles. The second-order valence-electron chi connectivity index (χ2n) is 0.289. The fourth-order valence-electron chi connectivity index (χ4n) is 0. The van der Waals surface area contributed by atoms with E-state index in [1.165, 1.54) is 6.08 Å². The first-order chi connectivity index (χ1) is 1.41. The Labute approximate surface area is 52.6 Å². The molecule has 0 rings (SSSR count). The van der Waals surface area contributed by atoms with E-state index in [1.807, 2.05) is 0 Å². The summed E-state index contributed by atoms with van der Waals surface area (Å²) in [5.74, 6) is 0. The average molecular weight is 121 g/mol. The predicted molar refractivity (Wildman–Crippen MR) is 26.9 cm³/mol. The molecule has 0 N–H and O–H groups in total. The van der Waals surface area contributed by atoms with E-state index in [2.05, 4.69) is 13.5 Å². The van der Waals surface area contributed by atoms with Crippen molar-refractivity contribution < 1.29 is 21.7 Å². The van der Waals surface area contributed by atoms with Gasteiger partial charge >= 0.3 is 0 Å². The van der Waals surface area contributed by atoms with Crippen molar-refractivity contribution in [1.82, 2.24) is 0 Å². The van der Waals surface area contributed by atoms with Crippen LogP contribution in [0.5, 0.6) is 0 Å². The summed E-state index contributed by atoms with van der Waals surface area (Å²) >= 11 is 0. The molecule has 0 aliphatic carbocycles. The van der Waals surface area contributed by atoms with Gasteiger partial charge in [0.2, 0.25) is 0 Å². The maximum absolute atomic E-state index is 3.25. The Kier molecular flexibility index (Phi) is 84.9. The molecule has 0 spiro atoms. The Morgan fingerprint density at radius 2 is 1.60 bits per heavy atom. The first-order valence-electron chi connectivity index (χ1n) is 0.816. The summed E-state index contributed by atoms with van der Waals surface area (Å²) in [4.78, 5) is 0. The molecular weight excluding hydrogens is 112 g/mol. The minimum Gasteiger partial charge on any atom is -0.245 e. The molecule has 0 nitrogen and oxygen atoms in total. The molecule has 0 fully saturated rings. The van der Waals surface area contributed by atoms with Crippen LogP contribution in [0, 0.1) is 6.92 Å². The van der Waals surface area contributed by atoms with Crippen molar-refractivity contribution in [2.24, 2.45) is 0 Å². The van der Waals surface area contributed by atoms with Crippen molar-refractivity contribution in [2.45, 2.75) is 0 Å². The SMILES string of the molecule is C=C[CH2-].[SiH4].[Ti]. The van der Waals surface area contributed by atoms with Crippen LogP contribution in [0.3, 0.4) is 0 Å². The van der Waals surface area contributed by atoms with Crippen LogP contribution in [0.15, 0.2) is 12.7 Å². The molecule has 2 heteroatoms. The van der Waals surface area contributed by atoms with E-state index in [1.54, 1.807) is 0 Å². The Balaban J connectivity index is -0.0000000200. The van der Waals surface area contributed by atoms with E-state index in [4.69, 9.17) is 0 Å². The van der Waals surface area contributed by atoms with Gasteiger partial charge in [0.1, 0.15) is 0 Å². The summed E-state index contributed by atoms with van der Waals surface area (Å²) in [7, 11) is 0. The van der Waals surface area contributed by atoms with Crippen molar-refractivity contribution >= 4 is 11.0 Å². The summed E-state index contributed by atoms with van der Waals surface area (Å²) < 4.78 is 0. The largest absolute Gasteiger partial charge is 0.245 e. The molecule has 0 bridgehead atoms. The fraction of sp³-hybridized carbons (Fsp3) is 0. The molecule has 0 aliphatic heterocycles. The summed E-state index contributed by atoms with van der Waals surface area (Å²) in [6, 6.07) is 0. The zero-order chi connectivity index (χ0) is 2.71. The first-order valence-corrected chi connectivity index (χ1v) is 0.816. The van der Waals surface area contributed by atoms with E-state index >= 15 is 0 Å². The zero-order valence-electron chi connectivity index (χ0n) is 2.49. The number of allylic oxidation sites excluding steroid dienone is 1. The monoisotopic (exact) mass is 121 g/mol. The van der Waals surface area contributed by atoms with E-state index < -0.39 is 0 Å². The Bertz CT molecular complexity index is 14.4. The second kappa shape index (κ2) is 24.0. The zero-order valence-corrected chi connectivity index (χ0v) is 4.05. The summed E-state index contributed by atoms with van der Waals surface area (Å²) in [5.41, 5.74) is 0. The number of rotatable bonds is 0. The molecule has 0 aliphatic rings. The standard InChI is InChI=1S/C3H5.H4Si.Ti/c1-3-2;;/h3H,1-2H2;1H4;/q-1;;. The Morgan fingerprint density at radius 1 is 1.60 bits per heavy atom. The minimum atomic E-state index is 0. The Morgan fingerprint density at radius 3 is 1.60 bits per heavy atom. The van der Waals surface area contributed by atoms with E-state index in [9.17, 15) is 0 Å². The van der Waals surface area contributed by atoms with Crippen molar-refractivity contribution in [1.29, 1.82) is 0 Å². The summed E-state index contributed by atoms with van der Waals surface area (Å²) in [6.45, 7) is 6.50. The van der Waals surface area contributed by atoms with Gasteiger partial charge in [0.05, 0.1) is 0 Å². The molecule has 0 aromatic heterocycles. The van der Waals surface area contributed by atoms with Gasteiger partial charge < -0.3 is 0 Å². The van der Waals surface area contributed by atoms with Gasteiger partial charge in [-0.3, -0.25) is 0 Å². The van der Waals surface area contributed by atoms with Crippen LogP contribution in [0.25, 0.3) is 0 Å². The van der Waals surface area contributed by atoms with Crippen LogP contribution in [-0.4, -0.2) is 11.0 Å². The van der Waals surface area contributed by atoms with Crippen LogP contribution in [-0.2, 0) is 21.7 Å². The predicted octanol–water partition coefficient (Wildman–Crippen LogP) is -0.448. The minimum absolute atomic E-state index is 0. The quantitative estimate of drug-likeness (QED) is 0.301. The molecular formula is C3H9SiTi-. The average Bonchev–Trinajstić information content (AvgIpc) is 0.918. The van der Waals surface area contributed by atoms with Gasteiger partial charge in [-0.25, -0.2) is 19.6 Å². The van der Waals surface area contributed by atoms with Gasteiger partial charge in [-0.2, -0.15) is 0 Å². The molecule has 0 unspecified atom stereocenters. The maximum atomic E-state index is 3.25. The van der Waals surface area contributed by atoms with Gasteiger partial charge in [-0.1, -0.05) is 0 Å². The molecule has 0 aromatic rings. The third-order valence-electron chi connectivity index (χ3n) is 0. The van der Waals surface area contributed by atoms with Gasteiger partial charge in [0.25, 0.3) is 0 Å². The molecule has 5 heavy (non-hydrogen) atoms. The van der Waals surface area contributed by atoms with Crippen molar-refractivity contribution in [3.05, 3.63) is 19.6 Å². The van der Waals surface area contributed by atoms with Crippen molar-refractivity contribution in [2.75, 3.05) is 0 Å². The van der Waals surface area contributed by atoms with E-state index in [0.29, 0.717) is 0 Å². The van der Waals surface area contributed by atoms with Crippen LogP contribution >= 0.6 is 0 Å². The number of hydrogen-bond donors (Lipinski definition) is 0. The van der Waals surface area contributed by atoms with Gasteiger partial charge in [0.15, 0.2) is 0 Å². The molecule has 0 radical (unpaired) electrons. The third-order valence-corrected chi connectivity index (χ3v) is 0. The molecule has 0 saturated carbocycles. The van der Waals surface area contributed by atoms with Crippen LogP contribution in [0.1, 0.15) is 0 Å². The smallest absolute Gasteiger partial charge is 0 e. The second-order valence-corrected chi connectivity index (χ2v) is 0.289. The topological polar surface area (TPSA) is 0 Å². The normalized spacial score (nSPS) is 2.40. The maximum Gasteiger partial charge on any atom is 0 e. The van der Waals surface area contributed by atoms with Gasteiger partial charge in [0, 0.05) is 21.7 Å². The Hall–Kier alpha value is 0.541. The van der Waals surface area contributed by atoms with E-state index in [-0.39, 0.29) is 32.7 Å². The van der Waals surface area contributed by atoms with Gasteiger partial charge in [-0.15, -0.1) is 0 Å². The summed E-state index contributed by atoms with van der Waals surface area (Å²) in [5, 5.41) is 0. The summed E-state index contributed by atoms with van der Waals surface area (Å²) in [6.07, 6.45) is 1.50. The molecule has 0 amide bonds. The van der Waals surface area contributed by atoms with Crippen LogP contribution in [0.2, 0.25) is 0 Å². The molecule has 0 heterocycles. The van der Waals surface area contributed by atoms with Crippen LogP contribution in [0.4, 0.5) is 0 Å². The molecule has 0 saturated heterocycles.